The Morgan fingerprint density at radius 2 is 2.24 bits per heavy atom. The lowest BCUT2D eigenvalue weighted by Crippen LogP contribution is -2.21. The van der Waals surface area contributed by atoms with Crippen molar-refractivity contribution in [3.05, 3.63) is 56.6 Å². The maximum atomic E-state index is 12.2. The molecule has 3 rings (SSSR count). The zero-order valence-corrected chi connectivity index (χ0v) is 12.2. The number of H-pyrrole nitrogens is 1. The monoisotopic (exact) mass is 302 g/mol. The lowest BCUT2D eigenvalue weighted by molar-refractivity contribution is 0.0697. The van der Waals surface area contributed by atoms with Crippen LogP contribution in [0.15, 0.2) is 40.5 Å². The summed E-state index contributed by atoms with van der Waals surface area (Å²) in [5, 5.41) is 11.0. The molecular formula is C15H14N2O3S. The number of thiophene rings is 1. The Balaban J connectivity index is 2.04. The molecule has 6 heteroatoms. The average molecular weight is 302 g/mol. The number of hydrogen-bond donors (Lipinski definition) is 2. The fourth-order valence-electron chi connectivity index (χ4n) is 2.51. The topological polar surface area (TPSA) is 75.1 Å². The van der Waals surface area contributed by atoms with Gasteiger partial charge in [-0.15, -0.1) is 11.3 Å². The van der Waals surface area contributed by atoms with Gasteiger partial charge in [-0.2, -0.15) is 0 Å². The highest BCUT2D eigenvalue weighted by Crippen LogP contribution is 2.21. The predicted octanol–water partition coefficient (Wildman–Crippen LogP) is 2.89. The Labute approximate surface area is 124 Å². The van der Waals surface area contributed by atoms with Crippen LogP contribution in [-0.4, -0.2) is 20.6 Å². The van der Waals surface area contributed by atoms with Crippen LogP contribution in [0.4, 0.5) is 0 Å². The van der Waals surface area contributed by atoms with Gasteiger partial charge in [-0.1, -0.05) is 6.07 Å². The largest absolute Gasteiger partial charge is 0.478 e. The Bertz CT molecular complexity index is 846. The Kier molecular flexibility index (Phi) is 3.39. The van der Waals surface area contributed by atoms with Crippen LogP contribution in [0, 0.1) is 0 Å². The van der Waals surface area contributed by atoms with E-state index in [-0.39, 0.29) is 17.3 Å². The Morgan fingerprint density at radius 3 is 2.90 bits per heavy atom. The summed E-state index contributed by atoms with van der Waals surface area (Å²) in [6, 6.07) is 8.73. The molecule has 0 aliphatic heterocycles. The van der Waals surface area contributed by atoms with Crippen LogP contribution in [0.5, 0.6) is 0 Å². The second kappa shape index (κ2) is 5.21. The molecule has 2 N–H and O–H groups in total. The van der Waals surface area contributed by atoms with Gasteiger partial charge in [-0.3, -0.25) is 4.57 Å². The molecule has 0 spiro atoms. The summed E-state index contributed by atoms with van der Waals surface area (Å²) in [6.07, 6.45) is 0.769. The van der Waals surface area contributed by atoms with E-state index in [0.717, 1.165) is 11.9 Å². The highest BCUT2D eigenvalue weighted by molar-refractivity contribution is 7.09. The zero-order chi connectivity index (χ0) is 15.0. The van der Waals surface area contributed by atoms with Crippen molar-refractivity contribution < 1.29 is 9.90 Å². The van der Waals surface area contributed by atoms with Crippen molar-refractivity contribution in [2.75, 3.05) is 0 Å². The number of hydrogen-bond acceptors (Lipinski definition) is 3. The van der Waals surface area contributed by atoms with Gasteiger partial charge in [0.25, 0.3) is 0 Å². The molecule has 5 nitrogen and oxygen atoms in total. The first-order chi connectivity index (χ1) is 10.1. The van der Waals surface area contributed by atoms with Crippen LogP contribution in [0.1, 0.15) is 28.2 Å². The average Bonchev–Trinajstić information content (AvgIpc) is 3.03. The number of aromatic carboxylic acids is 1. The first kappa shape index (κ1) is 13.6. The predicted molar refractivity (Wildman–Crippen MR) is 82.3 cm³/mol. The minimum absolute atomic E-state index is 0.000535. The summed E-state index contributed by atoms with van der Waals surface area (Å²) < 4.78 is 1.68. The molecule has 21 heavy (non-hydrogen) atoms. The summed E-state index contributed by atoms with van der Waals surface area (Å²) in [6.45, 7) is 1.99. The third kappa shape index (κ3) is 2.50. The first-order valence-corrected chi connectivity index (χ1v) is 7.44. The number of carboxylic acids is 1. The standard InChI is InChI=1S/C15H14N2O3S/c1-9(7-11-3-2-6-21-11)17-13-5-4-10(14(18)19)8-12(13)16-15(17)20/h2-6,8-9H,7H2,1H3,(H,16,20)(H,18,19). The van der Waals surface area contributed by atoms with Crippen LogP contribution >= 0.6 is 11.3 Å². The molecule has 2 heterocycles. The fourth-order valence-corrected chi connectivity index (χ4v) is 3.34. The zero-order valence-electron chi connectivity index (χ0n) is 11.4. The number of carboxylic acid groups (broad SMARTS) is 1. The molecule has 0 saturated carbocycles. The van der Waals surface area contributed by atoms with Gasteiger partial charge >= 0.3 is 11.7 Å². The summed E-state index contributed by atoms with van der Waals surface area (Å²) in [5.41, 5.74) is 1.24. The van der Waals surface area contributed by atoms with E-state index in [0.29, 0.717) is 5.52 Å². The fraction of sp³-hybridized carbons (Fsp3) is 0.200. The third-order valence-corrected chi connectivity index (χ3v) is 4.38. The molecule has 1 aromatic carbocycles. The molecule has 0 aliphatic rings. The van der Waals surface area contributed by atoms with Crippen LogP contribution in [-0.2, 0) is 6.42 Å². The summed E-state index contributed by atoms with van der Waals surface area (Å²) in [7, 11) is 0. The first-order valence-electron chi connectivity index (χ1n) is 6.56. The van der Waals surface area contributed by atoms with E-state index in [2.05, 4.69) is 4.98 Å². The molecule has 0 aliphatic carbocycles. The SMILES string of the molecule is CC(Cc1cccs1)n1c(=O)[nH]c2cc(C(=O)O)ccc21. The van der Waals surface area contributed by atoms with Gasteiger partial charge in [0.15, 0.2) is 0 Å². The number of imidazole rings is 1. The van der Waals surface area contributed by atoms with Crippen LogP contribution < -0.4 is 5.69 Å². The van der Waals surface area contributed by atoms with Crippen molar-refractivity contribution in [2.24, 2.45) is 0 Å². The maximum absolute atomic E-state index is 12.2. The quantitative estimate of drug-likeness (QED) is 0.778. The van der Waals surface area contributed by atoms with Crippen molar-refractivity contribution in [1.29, 1.82) is 0 Å². The summed E-state index contributed by atoms with van der Waals surface area (Å²) in [4.78, 5) is 27.1. The van der Waals surface area contributed by atoms with Crippen molar-refractivity contribution >= 4 is 28.3 Å². The van der Waals surface area contributed by atoms with Crippen molar-refractivity contribution in [1.82, 2.24) is 9.55 Å². The van der Waals surface area contributed by atoms with Crippen molar-refractivity contribution in [3.8, 4) is 0 Å². The number of nitrogens with one attached hydrogen (secondary N) is 1. The molecule has 0 saturated heterocycles. The Morgan fingerprint density at radius 1 is 1.43 bits per heavy atom. The third-order valence-electron chi connectivity index (χ3n) is 3.48. The van der Waals surface area contributed by atoms with E-state index in [1.165, 1.54) is 17.0 Å². The Hall–Kier alpha value is -2.34. The minimum Gasteiger partial charge on any atom is -0.478 e. The molecule has 1 atom stereocenters. The van der Waals surface area contributed by atoms with Gasteiger partial charge in [-0.05, 0) is 36.6 Å². The molecular weight excluding hydrogens is 288 g/mol. The highest BCUT2D eigenvalue weighted by Gasteiger charge is 2.15. The van der Waals surface area contributed by atoms with E-state index in [1.54, 1.807) is 22.0 Å². The van der Waals surface area contributed by atoms with Gasteiger partial charge in [0.05, 0.1) is 16.6 Å². The molecule has 0 bridgehead atoms. The molecule has 108 valence electrons. The minimum atomic E-state index is -1.00. The van der Waals surface area contributed by atoms with Gasteiger partial charge in [0.1, 0.15) is 0 Å². The summed E-state index contributed by atoms with van der Waals surface area (Å²) in [5.74, 6) is -1.00. The van der Waals surface area contributed by atoms with E-state index < -0.39 is 5.97 Å². The number of carbonyl (C=O) groups is 1. The number of rotatable bonds is 4. The van der Waals surface area contributed by atoms with Gasteiger partial charge in [0.2, 0.25) is 0 Å². The molecule has 0 amide bonds. The number of nitrogens with zero attached hydrogens (tertiary/aromatic N) is 1. The molecule has 0 fully saturated rings. The van der Waals surface area contributed by atoms with E-state index in [1.807, 2.05) is 24.4 Å². The smallest absolute Gasteiger partial charge is 0.335 e. The molecule has 1 unspecified atom stereocenters. The van der Waals surface area contributed by atoms with Crippen molar-refractivity contribution in [2.45, 2.75) is 19.4 Å². The number of aromatic amines is 1. The summed E-state index contributed by atoms with van der Waals surface area (Å²) >= 11 is 1.66. The highest BCUT2D eigenvalue weighted by atomic mass is 32.1. The lowest BCUT2D eigenvalue weighted by Gasteiger charge is -2.12. The van der Waals surface area contributed by atoms with Crippen LogP contribution in [0.3, 0.4) is 0 Å². The second-order valence-electron chi connectivity index (χ2n) is 4.97. The van der Waals surface area contributed by atoms with Gasteiger partial charge in [0, 0.05) is 17.3 Å². The number of benzene rings is 1. The molecule has 0 radical (unpaired) electrons. The molecule has 3 aromatic rings. The number of aromatic nitrogens is 2. The van der Waals surface area contributed by atoms with Crippen LogP contribution in [0.2, 0.25) is 0 Å². The van der Waals surface area contributed by atoms with Crippen LogP contribution in [0.25, 0.3) is 11.0 Å². The van der Waals surface area contributed by atoms with Gasteiger partial charge in [-0.25, -0.2) is 9.59 Å². The van der Waals surface area contributed by atoms with E-state index in [4.69, 9.17) is 5.11 Å². The van der Waals surface area contributed by atoms with E-state index in [9.17, 15) is 9.59 Å². The lowest BCUT2D eigenvalue weighted by atomic mass is 10.1. The van der Waals surface area contributed by atoms with E-state index >= 15 is 0 Å². The van der Waals surface area contributed by atoms with Crippen molar-refractivity contribution in [3.63, 3.8) is 0 Å². The number of fused-ring (bicyclic) bond motifs is 1. The normalized spacial score (nSPS) is 12.6. The second-order valence-corrected chi connectivity index (χ2v) is 6.00. The maximum Gasteiger partial charge on any atom is 0.335 e. The van der Waals surface area contributed by atoms with Gasteiger partial charge < -0.3 is 10.1 Å². The molecule has 2 aromatic heterocycles.